The number of aromatic nitrogens is 4. The van der Waals surface area contributed by atoms with Crippen LogP contribution in [-0.2, 0) is 14.1 Å². The van der Waals surface area contributed by atoms with Gasteiger partial charge in [-0.15, -0.1) is 0 Å². The van der Waals surface area contributed by atoms with Gasteiger partial charge in [-0.05, 0) is 6.07 Å². The maximum Gasteiger partial charge on any atom is 0.122 e. The Morgan fingerprint density at radius 2 is 1.82 bits per heavy atom. The monoisotopic (exact) mass is 227 g/mol. The molecule has 2 aromatic heterocycles. The lowest BCUT2D eigenvalue weighted by molar-refractivity contribution is 0.760. The molecule has 2 N–H and O–H groups in total. The Morgan fingerprint density at radius 3 is 2.53 bits per heavy atom. The van der Waals surface area contributed by atoms with E-state index >= 15 is 0 Å². The molecule has 0 fully saturated rings. The number of aryl methyl sites for hydroxylation is 2. The molecule has 3 rings (SSSR count). The smallest absolute Gasteiger partial charge is 0.122 e. The molecule has 0 aliphatic carbocycles. The van der Waals surface area contributed by atoms with Gasteiger partial charge in [-0.2, -0.15) is 10.2 Å². The summed E-state index contributed by atoms with van der Waals surface area (Å²) in [7, 11) is 3.75. The fraction of sp³-hybridized carbons (Fsp3) is 0.167. The average Bonchev–Trinajstić information content (AvgIpc) is 2.78. The van der Waals surface area contributed by atoms with E-state index in [1.54, 1.807) is 4.68 Å². The van der Waals surface area contributed by atoms with Gasteiger partial charge in [-0.3, -0.25) is 9.36 Å². The standard InChI is InChI=1S/C12H13N5/c1-16-11(13)7-10(15-16)12-8-5-3-4-6-9(8)14-17(12)2/h3-7H,13H2,1-2H3. The molecule has 5 heteroatoms. The Labute approximate surface area is 98.5 Å². The lowest BCUT2D eigenvalue weighted by atomic mass is 10.1. The van der Waals surface area contributed by atoms with E-state index in [2.05, 4.69) is 10.2 Å². The first kappa shape index (κ1) is 9.89. The molecular weight excluding hydrogens is 214 g/mol. The van der Waals surface area contributed by atoms with Gasteiger partial charge in [0.15, 0.2) is 0 Å². The summed E-state index contributed by atoms with van der Waals surface area (Å²) in [6.07, 6.45) is 0. The molecule has 0 atom stereocenters. The van der Waals surface area contributed by atoms with Gasteiger partial charge >= 0.3 is 0 Å². The second kappa shape index (κ2) is 3.35. The van der Waals surface area contributed by atoms with Crippen LogP contribution in [-0.4, -0.2) is 19.6 Å². The first-order valence-electron chi connectivity index (χ1n) is 5.38. The minimum absolute atomic E-state index is 0.644. The van der Waals surface area contributed by atoms with Crippen LogP contribution in [0.1, 0.15) is 0 Å². The Bertz CT molecular complexity index is 673. The molecule has 0 spiro atoms. The van der Waals surface area contributed by atoms with Gasteiger partial charge in [0.2, 0.25) is 0 Å². The van der Waals surface area contributed by atoms with E-state index in [-0.39, 0.29) is 0 Å². The highest BCUT2D eigenvalue weighted by Gasteiger charge is 2.13. The van der Waals surface area contributed by atoms with E-state index in [0.29, 0.717) is 5.82 Å². The quantitative estimate of drug-likeness (QED) is 0.686. The Hall–Kier alpha value is -2.30. The van der Waals surface area contributed by atoms with Crippen LogP contribution in [0.25, 0.3) is 22.3 Å². The minimum atomic E-state index is 0.644. The molecule has 0 saturated heterocycles. The van der Waals surface area contributed by atoms with Gasteiger partial charge in [0.1, 0.15) is 11.5 Å². The van der Waals surface area contributed by atoms with Crippen LogP contribution >= 0.6 is 0 Å². The molecule has 1 aromatic carbocycles. The predicted molar refractivity (Wildman–Crippen MR) is 67.3 cm³/mol. The lowest BCUT2D eigenvalue weighted by Crippen LogP contribution is -1.97. The first-order valence-corrected chi connectivity index (χ1v) is 5.38. The number of hydrogen-bond acceptors (Lipinski definition) is 3. The topological polar surface area (TPSA) is 61.7 Å². The lowest BCUT2D eigenvalue weighted by Gasteiger charge is -1.97. The number of nitrogens with zero attached hydrogens (tertiary/aromatic N) is 4. The summed E-state index contributed by atoms with van der Waals surface area (Å²) in [5.74, 6) is 0.644. The van der Waals surface area contributed by atoms with Crippen molar-refractivity contribution in [2.24, 2.45) is 14.1 Å². The summed E-state index contributed by atoms with van der Waals surface area (Å²) >= 11 is 0. The van der Waals surface area contributed by atoms with Crippen LogP contribution in [0.15, 0.2) is 30.3 Å². The van der Waals surface area contributed by atoms with Gasteiger partial charge in [0, 0.05) is 25.5 Å². The van der Waals surface area contributed by atoms with Crippen LogP contribution in [0, 0.1) is 0 Å². The molecule has 0 radical (unpaired) electrons. The third kappa shape index (κ3) is 1.39. The fourth-order valence-corrected chi connectivity index (χ4v) is 2.05. The van der Waals surface area contributed by atoms with Crippen molar-refractivity contribution in [3.05, 3.63) is 30.3 Å². The molecule has 2 heterocycles. The van der Waals surface area contributed by atoms with E-state index in [1.165, 1.54) is 0 Å². The highest BCUT2D eigenvalue weighted by molar-refractivity contribution is 5.92. The van der Waals surface area contributed by atoms with E-state index in [0.717, 1.165) is 22.3 Å². The van der Waals surface area contributed by atoms with Gasteiger partial charge in [0.25, 0.3) is 0 Å². The third-order valence-electron chi connectivity index (χ3n) is 2.90. The third-order valence-corrected chi connectivity index (χ3v) is 2.90. The average molecular weight is 227 g/mol. The van der Waals surface area contributed by atoms with Crippen molar-refractivity contribution in [1.29, 1.82) is 0 Å². The SMILES string of the molecule is Cn1nc(-c2c3ccccc3nn2C)cc1N. The Kier molecular flexibility index (Phi) is 1.95. The summed E-state index contributed by atoms with van der Waals surface area (Å²) in [4.78, 5) is 0. The van der Waals surface area contributed by atoms with Crippen molar-refractivity contribution >= 4 is 16.7 Å². The van der Waals surface area contributed by atoms with Crippen LogP contribution in [0.5, 0.6) is 0 Å². The fourth-order valence-electron chi connectivity index (χ4n) is 2.05. The maximum atomic E-state index is 5.81. The van der Waals surface area contributed by atoms with Gasteiger partial charge in [0.05, 0.1) is 11.2 Å². The van der Waals surface area contributed by atoms with Crippen LogP contribution in [0.4, 0.5) is 5.82 Å². The predicted octanol–water partition coefficient (Wildman–Crippen LogP) is 1.56. The van der Waals surface area contributed by atoms with Crippen molar-refractivity contribution < 1.29 is 0 Å². The van der Waals surface area contributed by atoms with E-state index in [4.69, 9.17) is 5.73 Å². The number of nitrogens with two attached hydrogens (primary N) is 1. The number of benzene rings is 1. The summed E-state index contributed by atoms with van der Waals surface area (Å²) in [6.45, 7) is 0. The molecule has 0 aliphatic heterocycles. The molecular formula is C12H13N5. The summed E-state index contributed by atoms with van der Waals surface area (Å²) in [5, 5.41) is 9.94. The molecule has 0 amide bonds. The zero-order chi connectivity index (χ0) is 12.0. The highest BCUT2D eigenvalue weighted by Crippen LogP contribution is 2.27. The molecule has 17 heavy (non-hydrogen) atoms. The second-order valence-corrected chi connectivity index (χ2v) is 4.07. The molecule has 0 unspecified atom stereocenters. The summed E-state index contributed by atoms with van der Waals surface area (Å²) < 4.78 is 3.50. The molecule has 0 aliphatic rings. The van der Waals surface area contributed by atoms with Crippen LogP contribution < -0.4 is 5.73 Å². The second-order valence-electron chi connectivity index (χ2n) is 4.07. The molecule has 0 bridgehead atoms. The molecule has 0 saturated carbocycles. The van der Waals surface area contributed by atoms with Crippen molar-refractivity contribution in [2.45, 2.75) is 0 Å². The zero-order valence-electron chi connectivity index (χ0n) is 9.75. The number of hydrogen-bond donors (Lipinski definition) is 1. The minimum Gasteiger partial charge on any atom is -0.384 e. The first-order chi connectivity index (χ1) is 8.16. The normalized spacial score (nSPS) is 11.2. The van der Waals surface area contributed by atoms with Crippen molar-refractivity contribution in [3.8, 4) is 11.4 Å². The van der Waals surface area contributed by atoms with Crippen molar-refractivity contribution in [3.63, 3.8) is 0 Å². The van der Waals surface area contributed by atoms with E-state index < -0.39 is 0 Å². The highest BCUT2D eigenvalue weighted by atomic mass is 15.3. The number of anilines is 1. The van der Waals surface area contributed by atoms with Crippen LogP contribution in [0.3, 0.4) is 0 Å². The summed E-state index contributed by atoms with van der Waals surface area (Å²) in [6, 6.07) is 9.88. The molecule has 5 nitrogen and oxygen atoms in total. The van der Waals surface area contributed by atoms with Gasteiger partial charge in [-0.25, -0.2) is 0 Å². The zero-order valence-corrected chi connectivity index (χ0v) is 9.75. The van der Waals surface area contributed by atoms with Crippen molar-refractivity contribution in [2.75, 3.05) is 5.73 Å². The Balaban J connectivity index is 2.33. The molecule has 3 aromatic rings. The number of rotatable bonds is 1. The van der Waals surface area contributed by atoms with E-state index in [1.807, 2.05) is 49.1 Å². The maximum absolute atomic E-state index is 5.81. The largest absolute Gasteiger partial charge is 0.384 e. The van der Waals surface area contributed by atoms with Gasteiger partial charge in [-0.1, -0.05) is 18.2 Å². The number of nitrogen functional groups attached to an aromatic ring is 1. The molecule has 86 valence electrons. The number of fused-ring (bicyclic) bond motifs is 1. The van der Waals surface area contributed by atoms with Crippen LogP contribution in [0.2, 0.25) is 0 Å². The van der Waals surface area contributed by atoms with E-state index in [9.17, 15) is 0 Å². The Morgan fingerprint density at radius 1 is 1.06 bits per heavy atom. The van der Waals surface area contributed by atoms with Gasteiger partial charge < -0.3 is 5.73 Å². The van der Waals surface area contributed by atoms with Crippen molar-refractivity contribution in [1.82, 2.24) is 19.6 Å². The summed E-state index contributed by atoms with van der Waals surface area (Å²) in [5.41, 5.74) is 8.62.